The van der Waals surface area contributed by atoms with Gasteiger partial charge in [0.05, 0.1) is 11.3 Å². The summed E-state index contributed by atoms with van der Waals surface area (Å²) in [7, 11) is 0. The SMILES string of the molecule is N#C/C(=C/Nc1cc(Cl)ccn1)C(=O)Nc1ccccc1C#N. The Labute approximate surface area is 137 Å². The second-order valence-electron chi connectivity index (χ2n) is 4.28. The van der Waals surface area contributed by atoms with Gasteiger partial charge in [0.1, 0.15) is 23.5 Å². The number of pyridine rings is 1. The van der Waals surface area contributed by atoms with Crippen molar-refractivity contribution in [1.82, 2.24) is 4.98 Å². The zero-order chi connectivity index (χ0) is 16.7. The number of nitriles is 2. The maximum absolute atomic E-state index is 12.1. The fraction of sp³-hybridized carbons (Fsp3) is 0. The number of hydrogen-bond acceptors (Lipinski definition) is 5. The summed E-state index contributed by atoms with van der Waals surface area (Å²) in [4.78, 5) is 16.1. The molecule has 0 spiro atoms. The Hall–Kier alpha value is -3.35. The fourth-order valence-electron chi connectivity index (χ4n) is 1.66. The number of hydrogen-bond donors (Lipinski definition) is 2. The summed E-state index contributed by atoms with van der Waals surface area (Å²) in [6.45, 7) is 0. The van der Waals surface area contributed by atoms with Gasteiger partial charge in [0, 0.05) is 17.4 Å². The normalized spacial score (nSPS) is 10.3. The van der Waals surface area contributed by atoms with Gasteiger partial charge in [-0.1, -0.05) is 23.7 Å². The number of amides is 1. The Morgan fingerprint density at radius 3 is 2.74 bits per heavy atom. The largest absolute Gasteiger partial charge is 0.345 e. The number of anilines is 2. The topological polar surface area (TPSA) is 102 Å². The molecule has 7 heteroatoms. The number of aromatic nitrogens is 1. The van der Waals surface area contributed by atoms with E-state index in [1.165, 1.54) is 12.4 Å². The second-order valence-corrected chi connectivity index (χ2v) is 4.72. The van der Waals surface area contributed by atoms with E-state index in [1.807, 2.05) is 6.07 Å². The van der Waals surface area contributed by atoms with Crippen LogP contribution in [0, 0.1) is 22.7 Å². The van der Waals surface area contributed by atoms with Crippen LogP contribution in [-0.2, 0) is 4.79 Å². The first-order chi connectivity index (χ1) is 11.1. The molecule has 0 aliphatic carbocycles. The fourth-order valence-corrected chi connectivity index (χ4v) is 1.82. The van der Waals surface area contributed by atoms with Gasteiger partial charge in [-0.05, 0) is 24.3 Å². The summed E-state index contributed by atoms with van der Waals surface area (Å²) in [6.07, 6.45) is 2.72. The van der Waals surface area contributed by atoms with E-state index in [-0.39, 0.29) is 5.57 Å². The Morgan fingerprint density at radius 1 is 1.26 bits per heavy atom. The lowest BCUT2D eigenvalue weighted by Gasteiger charge is -2.06. The summed E-state index contributed by atoms with van der Waals surface area (Å²) in [5.74, 6) is -0.236. The number of halogens is 1. The van der Waals surface area contributed by atoms with Crippen molar-refractivity contribution in [2.24, 2.45) is 0 Å². The van der Waals surface area contributed by atoms with Crippen LogP contribution in [0.25, 0.3) is 0 Å². The minimum atomic E-state index is -0.635. The van der Waals surface area contributed by atoms with Crippen molar-refractivity contribution in [3.05, 3.63) is 65.0 Å². The zero-order valence-electron chi connectivity index (χ0n) is 11.7. The predicted octanol–water partition coefficient (Wildman–Crippen LogP) is 3.06. The van der Waals surface area contributed by atoms with Gasteiger partial charge in [0.2, 0.25) is 0 Å². The van der Waals surface area contributed by atoms with E-state index in [0.717, 1.165) is 0 Å². The molecule has 2 aromatic rings. The lowest BCUT2D eigenvalue weighted by atomic mass is 10.2. The zero-order valence-corrected chi connectivity index (χ0v) is 12.5. The van der Waals surface area contributed by atoms with E-state index in [9.17, 15) is 4.79 Å². The summed E-state index contributed by atoms with van der Waals surface area (Å²) in [5.41, 5.74) is 0.476. The molecule has 0 atom stereocenters. The first-order valence-electron chi connectivity index (χ1n) is 6.43. The van der Waals surface area contributed by atoms with E-state index in [4.69, 9.17) is 22.1 Å². The number of para-hydroxylation sites is 1. The maximum Gasteiger partial charge on any atom is 0.267 e. The number of nitrogens with one attached hydrogen (secondary N) is 2. The van der Waals surface area contributed by atoms with Crippen LogP contribution in [0.4, 0.5) is 11.5 Å². The first kappa shape index (κ1) is 16.0. The summed E-state index contributed by atoms with van der Waals surface area (Å²) in [5, 5.41) is 23.8. The number of carbonyl (C=O) groups excluding carboxylic acids is 1. The highest BCUT2D eigenvalue weighted by Gasteiger charge is 2.11. The first-order valence-corrected chi connectivity index (χ1v) is 6.80. The van der Waals surface area contributed by atoms with Gasteiger partial charge in [-0.15, -0.1) is 0 Å². The molecule has 0 aliphatic rings. The second kappa shape index (κ2) is 7.60. The van der Waals surface area contributed by atoms with Gasteiger partial charge in [-0.25, -0.2) is 4.98 Å². The third-order valence-corrected chi connectivity index (χ3v) is 2.98. The average Bonchev–Trinajstić information content (AvgIpc) is 2.56. The third-order valence-electron chi connectivity index (χ3n) is 2.75. The van der Waals surface area contributed by atoms with Crippen molar-refractivity contribution in [1.29, 1.82) is 10.5 Å². The minimum absolute atomic E-state index is 0.167. The Bertz CT molecular complexity index is 848. The van der Waals surface area contributed by atoms with Crippen molar-refractivity contribution in [2.75, 3.05) is 10.6 Å². The van der Waals surface area contributed by atoms with Gasteiger partial charge in [-0.2, -0.15) is 10.5 Å². The van der Waals surface area contributed by atoms with Gasteiger partial charge < -0.3 is 10.6 Å². The minimum Gasteiger partial charge on any atom is -0.345 e. The molecule has 2 N–H and O–H groups in total. The maximum atomic E-state index is 12.1. The number of nitrogens with zero attached hydrogens (tertiary/aromatic N) is 3. The molecule has 0 fully saturated rings. The van der Waals surface area contributed by atoms with Gasteiger partial charge in [-0.3, -0.25) is 4.79 Å². The molecule has 1 amide bonds. The number of rotatable bonds is 4. The van der Waals surface area contributed by atoms with Crippen LogP contribution in [0.1, 0.15) is 5.56 Å². The highest BCUT2D eigenvalue weighted by molar-refractivity contribution is 6.30. The van der Waals surface area contributed by atoms with Crippen LogP contribution in [0.2, 0.25) is 5.02 Å². The molecular weight excluding hydrogens is 314 g/mol. The molecule has 1 aromatic carbocycles. The quantitative estimate of drug-likeness (QED) is 0.665. The molecule has 2 rings (SSSR count). The molecule has 0 saturated heterocycles. The Kier molecular flexibility index (Phi) is 5.30. The standard InChI is InChI=1S/C16H10ClN5O/c17-13-5-6-20-15(7-13)21-10-12(9-19)16(23)22-14-4-2-1-3-11(14)8-18/h1-7,10H,(H,20,21)(H,22,23)/b12-10-. The van der Waals surface area contributed by atoms with Crippen molar-refractivity contribution >= 4 is 29.0 Å². The van der Waals surface area contributed by atoms with Gasteiger partial charge >= 0.3 is 0 Å². The van der Waals surface area contributed by atoms with E-state index in [1.54, 1.807) is 42.5 Å². The van der Waals surface area contributed by atoms with E-state index < -0.39 is 5.91 Å². The van der Waals surface area contributed by atoms with Gasteiger partial charge in [0.25, 0.3) is 5.91 Å². The molecule has 0 bridgehead atoms. The number of carbonyl (C=O) groups is 1. The molecule has 1 aromatic heterocycles. The third kappa shape index (κ3) is 4.31. The van der Waals surface area contributed by atoms with E-state index >= 15 is 0 Å². The van der Waals surface area contributed by atoms with Crippen LogP contribution >= 0.6 is 11.6 Å². The molecule has 1 heterocycles. The molecule has 23 heavy (non-hydrogen) atoms. The molecule has 0 radical (unpaired) electrons. The highest BCUT2D eigenvalue weighted by Crippen LogP contribution is 2.15. The summed E-state index contributed by atoms with van der Waals surface area (Å²) in [6, 6.07) is 13.4. The molecule has 112 valence electrons. The predicted molar refractivity (Wildman–Crippen MR) is 86.4 cm³/mol. The molecule has 0 unspecified atom stereocenters. The van der Waals surface area contributed by atoms with Crippen LogP contribution < -0.4 is 10.6 Å². The summed E-state index contributed by atoms with van der Waals surface area (Å²) >= 11 is 5.82. The van der Waals surface area contributed by atoms with Crippen molar-refractivity contribution in [3.8, 4) is 12.1 Å². The monoisotopic (exact) mass is 323 g/mol. The summed E-state index contributed by atoms with van der Waals surface area (Å²) < 4.78 is 0. The molecule has 0 saturated carbocycles. The van der Waals surface area contributed by atoms with Gasteiger partial charge in [0.15, 0.2) is 0 Å². The smallest absolute Gasteiger partial charge is 0.267 e. The Balaban J connectivity index is 2.14. The molecule has 6 nitrogen and oxygen atoms in total. The van der Waals surface area contributed by atoms with E-state index in [2.05, 4.69) is 15.6 Å². The lowest BCUT2D eigenvalue weighted by Crippen LogP contribution is -2.15. The van der Waals surface area contributed by atoms with Crippen LogP contribution in [0.3, 0.4) is 0 Å². The number of benzene rings is 1. The van der Waals surface area contributed by atoms with E-state index in [0.29, 0.717) is 22.1 Å². The highest BCUT2D eigenvalue weighted by atomic mass is 35.5. The van der Waals surface area contributed by atoms with Crippen LogP contribution in [0.15, 0.2) is 54.4 Å². The van der Waals surface area contributed by atoms with Crippen molar-refractivity contribution < 1.29 is 4.79 Å². The Morgan fingerprint density at radius 2 is 2.04 bits per heavy atom. The lowest BCUT2D eigenvalue weighted by molar-refractivity contribution is -0.112. The average molecular weight is 324 g/mol. The molecular formula is C16H10ClN5O. The molecule has 0 aliphatic heterocycles. The van der Waals surface area contributed by atoms with Crippen molar-refractivity contribution in [2.45, 2.75) is 0 Å². The van der Waals surface area contributed by atoms with Crippen LogP contribution in [0.5, 0.6) is 0 Å². The van der Waals surface area contributed by atoms with Crippen molar-refractivity contribution in [3.63, 3.8) is 0 Å². The van der Waals surface area contributed by atoms with Crippen LogP contribution in [-0.4, -0.2) is 10.9 Å².